The topological polar surface area (TPSA) is 46.8 Å². The van der Waals surface area contributed by atoms with Gasteiger partial charge in [-0.1, -0.05) is 120 Å². The Kier molecular flexibility index (Phi) is 8.20. The van der Waals surface area contributed by atoms with Gasteiger partial charge in [-0.25, -0.2) is 4.79 Å². The van der Waals surface area contributed by atoms with E-state index >= 15 is 0 Å². The van der Waals surface area contributed by atoms with Gasteiger partial charge in [0.2, 0.25) is 0 Å². The number of aromatic nitrogens is 1. The van der Waals surface area contributed by atoms with E-state index in [1.807, 2.05) is 72.8 Å². The predicted molar refractivity (Wildman–Crippen MR) is 187 cm³/mol. The molecule has 5 nitrogen and oxygen atoms in total. The summed E-state index contributed by atoms with van der Waals surface area (Å²) in [6, 6.07) is 53.4. The van der Waals surface area contributed by atoms with Gasteiger partial charge in [0.15, 0.2) is 0 Å². The van der Waals surface area contributed by atoms with Crippen LogP contribution >= 0.6 is 0 Å². The zero-order valence-electron chi connectivity index (χ0n) is 25.1. The van der Waals surface area contributed by atoms with Crippen molar-refractivity contribution in [2.45, 2.75) is 6.54 Å². The van der Waals surface area contributed by atoms with Crippen molar-refractivity contribution in [2.75, 3.05) is 4.90 Å². The van der Waals surface area contributed by atoms with Crippen molar-refractivity contribution in [3.05, 3.63) is 191 Å². The Labute approximate surface area is 268 Å². The van der Waals surface area contributed by atoms with Gasteiger partial charge in [0.25, 0.3) is 0 Å². The monoisotopic (exact) mass is 597 g/mol. The first-order valence-electron chi connectivity index (χ1n) is 15.2. The van der Waals surface area contributed by atoms with Crippen LogP contribution in [-0.2, 0) is 16.2 Å². The highest BCUT2D eigenvalue weighted by Gasteiger charge is 2.27. The molecule has 0 saturated carbocycles. The fourth-order valence-electron chi connectivity index (χ4n) is 5.60. The lowest BCUT2D eigenvalue weighted by molar-refractivity contribution is -0.136. The average Bonchev–Trinajstić information content (AvgIpc) is 3.68. The quantitative estimate of drug-likeness (QED) is 0.123. The molecule has 1 aliphatic rings. The van der Waals surface area contributed by atoms with Crippen molar-refractivity contribution >= 4 is 47.0 Å². The van der Waals surface area contributed by atoms with Crippen molar-refractivity contribution in [3.8, 4) is 0 Å². The van der Waals surface area contributed by atoms with E-state index in [2.05, 4.69) is 118 Å². The number of anilines is 3. The van der Waals surface area contributed by atoms with E-state index in [0.29, 0.717) is 17.8 Å². The lowest BCUT2D eigenvalue weighted by atomic mass is 10.0. The van der Waals surface area contributed by atoms with E-state index in [4.69, 9.17) is 4.84 Å². The van der Waals surface area contributed by atoms with Crippen LogP contribution in [0.4, 0.5) is 17.1 Å². The number of carbonyl (C=O) groups is 1. The molecule has 0 saturated heterocycles. The van der Waals surface area contributed by atoms with Crippen molar-refractivity contribution in [2.24, 2.45) is 5.16 Å². The standard InChI is InChI=1S/C41H31N3O2/c45-41-39(40(42-46-41)33-15-7-2-8-16-33)29-38-28-27-34(43(38)30-32-13-5-1-6-14-32)24-21-31-22-25-37(26-23-31)44(35-17-9-3-10-18-35)36-19-11-4-12-20-36/h1-29H,30H2/b24-21-,39-29-. The number of hydrogen-bond donors (Lipinski definition) is 0. The zero-order valence-corrected chi connectivity index (χ0v) is 25.1. The SMILES string of the molecule is O=C1ON=C(c2ccccc2)/C1=C/c1ccc(/C=C\c2ccc(N(c3ccccc3)c3ccccc3)cc2)n1Cc1ccccc1. The van der Waals surface area contributed by atoms with Gasteiger partial charge in [-0.05, 0) is 71.8 Å². The minimum Gasteiger partial charge on any atom is -0.337 e. The summed E-state index contributed by atoms with van der Waals surface area (Å²) in [6.07, 6.45) is 6.11. The summed E-state index contributed by atoms with van der Waals surface area (Å²) < 4.78 is 2.20. The Morgan fingerprint density at radius 2 is 1.13 bits per heavy atom. The molecule has 2 heterocycles. The van der Waals surface area contributed by atoms with Gasteiger partial charge >= 0.3 is 5.97 Å². The van der Waals surface area contributed by atoms with Gasteiger partial charge in [0.05, 0.1) is 5.57 Å². The Hall–Kier alpha value is -6.20. The lowest BCUT2D eigenvalue weighted by Crippen LogP contribution is -2.09. The van der Waals surface area contributed by atoms with Crippen LogP contribution in [0.3, 0.4) is 0 Å². The number of benzene rings is 5. The minimum absolute atomic E-state index is 0.436. The van der Waals surface area contributed by atoms with Crippen LogP contribution < -0.4 is 4.90 Å². The maximum atomic E-state index is 12.8. The Balaban J connectivity index is 1.20. The van der Waals surface area contributed by atoms with Gasteiger partial charge in [0.1, 0.15) is 5.71 Å². The second kappa shape index (κ2) is 13.2. The molecular formula is C41H31N3O2. The predicted octanol–water partition coefficient (Wildman–Crippen LogP) is 9.52. The van der Waals surface area contributed by atoms with E-state index in [1.165, 1.54) is 0 Å². The summed E-state index contributed by atoms with van der Waals surface area (Å²) in [5.41, 5.74) is 9.23. The fraction of sp³-hybridized carbons (Fsp3) is 0.0244. The normalized spacial score (nSPS) is 13.6. The highest BCUT2D eigenvalue weighted by molar-refractivity contribution is 6.31. The number of nitrogens with zero attached hydrogens (tertiary/aromatic N) is 3. The third-order valence-electron chi connectivity index (χ3n) is 7.89. The van der Waals surface area contributed by atoms with Crippen molar-refractivity contribution in [1.29, 1.82) is 0 Å². The van der Waals surface area contributed by atoms with Gasteiger partial charge in [-0.3, -0.25) is 0 Å². The molecule has 7 rings (SSSR count). The number of carbonyl (C=O) groups excluding carboxylic acids is 1. The molecule has 222 valence electrons. The van der Waals surface area contributed by atoms with Gasteiger partial charge < -0.3 is 14.3 Å². The van der Waals surface area contributed by atoms with Crippen LogP contribution in [0, 0.1) is 0 Å². The van der Waals surface area contributed by atoms with E-state index in [1.54, 1.807) is 0 Å². The highest BCUT2D eigenvalue weighted by atomic mass is 16.7. The smallest absolute Gasteiger partial charge is 0.337 e. The Morgan fingerprint density at radius 3 is 1.76 bits per heavy atom. The zero-order chi connectivity index (χ0) is 31.1. The van der Waals surface area contributed by atoms with Gasteiger partial charge in [-0.15, -0.1) is 0 Å². The van der Waals surface area contributed by atoms with Gasteiger partial charge in [0, 0.05) is 40.6 Å². The average molecular weight is 598 g/mol. The van der Waals surface area contributed by atoms with Crippen LogP contribution in [0.2, 0.25) is 0 Å². The third-order valence-corrected chi connectivity index (χ3v) is 7.89. The highest BCUT2D eigenvalue weighted by Crippen LogP contribution is 2.34. The van der Waals surface area contributed by atoms with E-state index in [9.17, 15) is 4.79 Å². The maximum absolute atomic E-state index is 12.8. The van der Waals surface area contributed by atoms with Crippen molar-refractivity contribution < 1.29 is 9.63 Å². The number of para-hydroxylation sites is 2. The molecule has 0 N–H and O–H groups in total. The summed E-state index contributed by atoms with van der Waals surface area (Å²) >= 11 is 0. The molecular weight excluding hydrogens is 566 g/mol. The van der Waals surface area contributed by atoms with Crippen LogP contribution in [-0.4, -0.2) is 16.2 Å². The molecule has 6 aromatic rings. The molecule has 0 radical (unpaired) electrons. The van der Waals surface area contributed by atoms with Gasteiger partial charge in [-0.2, -0.15) is 0 Å². The molecule has 0 atom stereocenters. The summed E-state index contributed by atoms with van der Waals surface area (Å²) in [7, 11) is 0. The third kappa shape index (κ3) is 6.21. The first-order valence-corrected chi connectivity index (χ1v) is 15.2. The first kappa shape index (κ1) is 28.6. The molecule has 0 bridgehead atoms. The largest absolute Gasteiger partial charge is 0.368 e. The molecule has 46 heavy (non-hydrogen) atoms. The minimum atomic E-state index is -0.455. The van der Waals surface area contributed by atoms with Crippen molar-refractivity contribution in [3.63, 3.8) is 0 Å². The molecule has 5 aromatic carbocycles. The molecule has 0 spiro atoms. The molecule has 0 aliphatic carbocycles. The van der Waals surface area contributed by atoms with Crippen LogP contribution in [0.25, 0.3) is 18.2 Å². The van der Waals surface area contributed by atoms with E-state index in [0.717, 1.165) is 45.1 Å². The maximum Gasteiger partial charge on any atom is 0.368 e. The summed E-state index contributed by atoms with van der Waals surface area (Å²) in [6.45, 7) is 0.640. The Bertz CT molecular complexity index is 1990. The second-order valence-electron chi connectivity index (χ2n) is 10.9. The number of oxime groups is 1. The van der Waals surface area contributed by atoms with Crippen LogP contribution in [0.15, 0.2) is 168 Å². The molecule has 1 aromatic heterocycles. The molecule has 0 fully saturated rings. The Morgan fingerprint density at radius 1 is 0.587 bits per heavy atom. The van der Waals surface area contributed by atoms with E-state index in [-0.39, 0.29) is 0 Å². The van der Waals surface area contributed by atoms with E-state index < -0.39 is 5.97 Å². The first-order chi connectivity index (χ1) is 22.7. The second-order valence-corrected chi connectivity index (χ2v) is 10.9. The molecule has 1 aliphatic heterocycles. The van der Waals surface area contributed by atoms with Crippen LogP contribution in [0.1, 0.15) is 28.1 Å². The lowest BCUT2D eigenvalue weighted by Gasteiger charge is -2.25. The summed E-state index contributed by atoms with van der Waals surface area (Å²) in [4.78, 5) is 20.1. The summed E-state index contributed by atoms with van der Waals surface area (Å²) in [5.74, 6) is -0.455. The van der Waals surface area contributed by atoms with Crippen molar-refractivity contribution in [1.82, 2.24) is 4.57 Å². The molecule has 0 amide bonds. The number of rotatable bonds is 9. The molecule has 0 unspecified atom stereocenters. The molecule has 5 heteroatoms. The summed E-state index contributed by atoms with van der Waals surface area (Å²) in [5, 5.41) is 4.09. The fourth-order valence-corrected chi connectivity index (χ4v) is 5.60. The number of hydrogen-bond acceptors (Lipinski definition) is 4. The van der Waals surface area contributed by atoms with Crippen LogP contribution in [0.5, 0.6) is 0 Å².